The van der Waals surface area contributed by atoms with Gasteiger partial charge in [-0.25, -0.2) is 9.97 Å². The number of hydrogen-bond donors (Lipinski definition) is 0. The lowest BCUT2D eigenvalue weighted by molar-refractivity contribution is -0.137. The normalized spacial score (nSPS) is 11.7. The number of hydrogen-bond acceptors (Lipinski definition) is 4. The maximum Gasteiger partial charge on any atom is 0.416 e. The van der Waals surface area contributed by atoms with Gasteiger partial charge >= 0.3 is 6.18 Å². The van der Waals surface area contributed by atoms with Crippen molar-refractivity contribution in [2.45, 2.75) is 6.18 Å². The Labute approximate surface area is 170 Å². The van der Waals surface area contributed by atoms with Crippen LogP contribution in [0.25, 0.3) is 35.1 Å². The standard InChI is InChI=1S/C23H15F3N4/c24-23(25,26)17-10-7-16(8-11-17)9-12-18-15-21(19-5-1-3-13-27-19)30-22(29-18)20-6-2-4-14-28-20/h1-15H/b12-9+. The summed E-state index contributed by atoms with van der Waals surface area (Å²) >= 11 is 0. The number of rotatable bonds is 4. The monoisotopic (exact) mass is 404 g/mol. The second-order valence-corrected chi connectivity index (χ2v) is 6.38. The van der Waals surface area contributed by atoms with Gasteiger partial charge in [0.2, 0.25) is 0 Å². The lowest BCUT2D eigenvalue weighted by atomic mass is 10.1. The zero-order valence-corrected chi connectivity index (χ0v) is 15.6. The summed E-state index contributed by atoms with van der Waals surface area (Å²) in [6.45, 7) is 0. The van der Waals surface area contributed by atoms with Crippen LogP contribution in [-0.2, 0) is 6.18 Å². The molecule has 148 valence electrons. The van der Waals surface area contributed by atoms with Crippen molar-refractivity contribution >= 4 is 12.2 Å². The Morgan fingerprint density at radius 3 is 1.93 bits per heavy atom. The molecular formula is C23H15F3N4. The third-order valence-electron chi connectivity index (χ3n) is 4.25. The average Bonchev–Trinajstić information content (AvgIpc) is 2.78. The average molecular weight is 404 g/mol. The predicted molar refractivity (Wildman–Crippen MR) is 109 cm³/mol. The summed E-state index contributed by atoms with van der Waals surface area (Å²) in [5, 5.41) is 0. The number of aromatic nitrogens is 4. The van der Waals surface area contributed by atoms with Crippen LogP contribution in [0, 0.1) is 0 Å². The molecule has 0 saturated heterocycles. The molecule has 0 spiro atoms. The molecule has 1 aromatic carbocycles. The van der Waals surface area contributed by atoms with E-state index in [-0.39, 0.29) is 0 Å². The van der Waals surface area contributed by atoms with Gasteiger partial charge in [-0.3, -0.25) is 9.97 Å². The van der Waals surface area contributed by atoms with E-state index in [0.717, 1.165) is 12.1 Å². The molecule has 0 aliphatic rings. The Hall–Kier alpha value is -3.87. The van der Waals surface area contributed by atoms with Gasteiger partial charge in [0.1, 0.15) is 5.69 Å². The van der Waals surface area contributed by atoms with Crippen LogP contribution in [0.5, 0.6) is 0 Å². The zero-order valence-electron chi connectivity index (χ0n) is 15.6. The molecule has 4 aromatic rings. The highest BCUT2D eigenvalue weighted by Gasteiger charge is 2.29. The molecule has 0 N–H and O–H groups in total. The van der Waals surface area contributed by atoms with Crippen molar-refractivity contribution < 1.29 is 13.2 Å². The molecule has 0 aliphatic carbocycles. The quantitative estimate of drug-likeness (QED) is 0.432. The lowest BCUT2D eigenvalue weighted by Crippen LogP contribution is -2.03. The summed E-state index contributed by atoms with van der Waals surface area (Å²) in [4.78, 5) is 17.7. The summed E-state index contributed by atoms with van der Waals surface area (Å²) in [6.07, 6.45) is 2.40. The Kier molecular flexibility index (Phi) is 5.34. The molecule has 0 radical (unpaired) electrons. The van der Waals surface area contributed by atoms with Crippen LogP contribution in [0.1, 0.15) is 16.8 Å². The summed E-state index contributed by atoms with van der Waals surface area (Å²) in [6, 6.07) is 17.7. The van der Waals surface area contributed by atoms with Crippen molar-refractivity contribution in [2.75, 3.05) is 0 Å². The molecule has 0 fully saturated rings. The van der Waals surface area contributed by atoms with Crippen LogP contribution >= 0.6 is 0 Å². The fourth-order valence-electron chi connectivity index (χ4n) is 2.77. The topological polar surface area (TPSA) is 51.6 Å². The molecule has 0 saturated carbocycles. The Bertz CT molecular complexity index is 1100. The van der Waals surface area contributed by atoms with Crippen molar-refractivity contribution in [3.8, 4) is 22.9 Å². The first kappa shape index (κ1) is 19.4. The number of nitrogens with zero attached hydrogens (tertiary/aromatic N) is 4. The molecule has 0 aliphatic heterocycles. The maximum absolute atomic E-state index is 12.7. The van der Waals surface area contributed by atoms with Gasteiger partial charge in [0.05, 0.1) is 22.6 Å². The smallest absolute Gasteiger partial charge is 0.255 e. The van der Waals surface area contributed by atoms with Crippen LogP contribution in [0.4, 0.5) is 13.2 Å². The van der Waals surface area contributed by atoms with E-state index in [1.54, 1.807) is 42.7 Å². The van der Waals surface area contributed by atoms with Gasteiger partial charge in [-0.15, -0.1) is 0 Å². The van der Waals surface area contributed by atoms with E-state index in [0.29, 0.717) is 34.2 Å². The Morgan fingerprint density at radius 2 is 1.33 bits per heavy atom. The molecule has 0 bridgehead atoms. The minimum Gasteiger partial charge on any atom is -0.255 e. The molecule has 0 atom stereocenters. The fraction of sp³-hybridized carbons (Fsp3) is 0.0435. The van der Waals surface area contributed by atoms with Gasteiger partial charge in [-0.05, 0) is 54.1 Å². The summed E-state index contributed by atoms with van der Waals surface area (Å²) in [5.41, 5.74) is 2.45. The molecule has 0 unspecified atom stereocenters. The Balaban J connectivity index is 1.71. The predicted octanol–water partition coefficient (Wildman–Crippen LogP) is 5.79. The largest absolute Gasteiger partial charge is 0.416 e. The van der Waals surface area contributed by atoms with Gasteiger partial charge < -0.3 is 0 Å². The fourth-order valence-corrected chi connectivity index (χ4v) is 2.77. The van der Waals surface area contributed by atoms with E-state index in [1.807, 2.05) is 24.3 Å². The van der Waals surface area contributed by atoms with E-state index >= 15 is 0 Å². The van der Waals surface area contributed by atoms with Gasteiger partial charge in [0.25, 0.3) is 0 Å². The van der Waals surface area contributed by atoms with Gasteiger partial charge in [-0.1, -0.05) is 30.3 Å². The van der Waals surface area contributed by atoms with Crippen LogP contribution < -0.4 is 0 Å². The van der Waals surface area contributed by atoms with E-state index in [9.17, 15) is 13.2 Å². The van der Waals surface area contributed by atoms with Gasteiger partial charge in [0, 0.05) is 12.4 Å². The van der Waals surface area contributed by atoms with E-state index in [2.05, 4.69) is 19.9 Å². The van der Waals surface area contributed by atoms with Gasteiger partial charge in [-0.2, -0.15) is 13.2 Å². The van der Waals surface area contributed by atoms with Gasteiger partial charge in [0.15, 0.2) is 5.82 Å². The highest BCUT2D eigenvalue weighted by Crippen LogP contribution is 2.29. The summed E-state index contributed by atoms with van der Waals surface area (Å²) in [5.74, 6) is 0.436. The second-order valence-electron chi connectivity index (χ2n) is 6.38. The van der Waals surface area contributed by atoms with Crippen molar-refractivity contribution in [3.05, 3.63) is 95.9 Å². The molecule has 4 rings (SSSR count). The minimum absolute atomic E-state index is 0.436. The van der Waals surface area contributed by atoms with Crippen molar-refractivity contribution in [1.82, 2.24) is 19.9 Å². The van der Waals surface area contributed by atoms with E-state index < -0.39 is 11.7 Å². The van der Waals surface area contributed by atoms with Crippen molar-refractivity contribution in [2.24, 2.45) is 0 Å². The highest BCUT2D eigenvalue weighted by atomic mass is 19.4. The molecule has 0 amide bonds. The first-order chi connectivity index (χ1) is 14.5. The zero-order chi connectivity index (χ0) is 21.0. The molecule has 3 heterocycles. The third kappa shape index (κ3) is 4.57. The minimum atomic E-state index is -4.36. The first-order valence-electron chi connectivity index (χ1n) is 9.06. The first-order valence-corrected chi connectivity index (χ1v) is 9.06. The van der Waals surface area contributed by atoms with Crippen molar-refractivity contribution in [1.29, 1.82) is 0 Å². The SMILES string of the molecule is FC(F)(F)c1ccc(/C=C/c2cc(-c3ccccn3)nc(-c3ccccn3)n2)cc1. The molecule has 4 nitrogen and oxygen atoms in total. The second kappa shape index (κ2) is 8.24. The molecule has 30 heavy (non-hydrogen) atoms. The Morgan fingerprint density at radius 1 is 0.667 bits per heavy atom. The van der Waals surface area contributed by atoms with E-state index in [4.69, 9.17) is 0 Å². The van der Waals surface area contributed by atoms with Crippen LogP contribution in [0.2, 0.25) is 0 Å². The maximum atomic E-state index is 12.7. The molecule has 7 heteroatoms. The number of halogens is 3. The number of pyridine rings is 2. The lowest BCUT2D eigenvalue weighted by Gasteiger charge is -2.07. The van der Waals surface area contributed by atoms with Crippen LogP contribution in [-0.4, -0.2) is 19.9 Å². The van der Waals surface area contributed by atoms with Crippen LogP contribution in [0.15, 0.2) is 79.1 Å². The summed E-state index contributed by atoms with van der Waals surface area (Å²) < 4.78 is 38.2. The van der Waals surface area contributed by atoms with Crippen LogP contribution in [0.3, 0.4) is 0 Å². The summed E-state index contributed by atoms with van der Waals surface area (Å²) in [7, 11) is 0. The third-order valence-corrected chi connectivity index (χ3v) is 4.25. The number of benzene rings is 1. The van der Waals surface area contributed by atoms with E-state index in [1.165, 1.54) is 12.1 Å². The number of alkyl halides is 3. The molecule has 3 aromatic heterocycles. The highest BCUT2D eigenvalue weighted by molar-refractivity contribution is 5.71. The van der Waals surface area contributed by atoms with Crippen molar-refractivity contribution in [3.63, 3.8) is 0 Å². The molecular weight excluding hydrogens is 389 g/mol.